The largest absolute Gasteiger partial charge is 0.469 e. The van der Waals surface area contributed by atoms with E-state index in [2.05, 4.69) is 34.3 Å². The van der Waals surface area contributed by atoms with E-state index in [0.29, 0.717) is 125 Å². The number of methoxy groups -OCH3 is 1. The topological polar surface area (TPSA) is 138 Å². The SMILES string of the molecule is COC(=O)CCOCCOCCOCCOCCOCCOCCOCCOCCCNC(=O)OCC1c2ccccc2-c2ccccc21. The smallest absolute Gasteiger partial charge is 0.407 e. The summed E-state index contributed by atoms with van der Waals surface area (Å²) < 4.78 is 53.7. The molecule has 2 aromatic rings. The Morgan fingerprint density at radius 2 is 0.939 bits per heavy atom. The third-order valence-electron chi connectivity index (χ3n) is 7.36. The first kappa shape index (κ1) is 40.3. The van der Waals surface area contributed by atoms with Crippen LogP contribution in [-0.4, -0.2) is 138 Å². The molecule has 0 bridgehead atoms. The lowest BCUT2D eigenvalue weighted by atomic mass is 9.98. The highest BCUT2D eigenvalue weighted by atomic mass is 16.6. The van der Waals surface area contributed by atoms with Crippen LogP contribution in [0.1, 0.15) is 29.9 Å². The third-order valence-corrected chi connectivity index (χ3v) is 7.36. The predicted molar refractivity (Wildman–Crippen MR) is 181 cm³/mol. The van der Waals surface area contributed by atoms with Crippen molar-refractivity contribution in [3.63, 3.8) is 0 Å². The van der Waals surface area contributed by atoms with Crippen LogP contribution < -0.4 is 5.32 Å². The zero-order chi connectivity index (χ0) is 34.6. The average molecular weight is 692 g/mol. The highest BCUT2D eigenvalue weighted by Crippen LogP contribution is 2.44. The fourth-order valence-electron chi connectivity index (χ4n) is 4.91. The maximum atomic E-state index is 12.2. The number of hydrogen-bond donors (Lipinski definition) is 1. The number of amides is 1. The zero-order valence-electron chi connectivity index (χ0n) is 28.7. The van der Waals surface area contributed by atoms with Crippen LogP contribution in [0.3, 0.4) is 0 Å². The van der Waals surface area contributed by atoms with Crippen molar-refractivity contribution in [2.45, 2.75) is 18.8 Å². The van der Waals surface area contributed by atoms with Gasteiger partial charge in [-0.2, -0.15) is 0 Å². The molecule has 1 aliphatic carbocycles. The molecular weight excluding hydrogens is 638 g/mol. The Hall–Kier alpha value is -3.14. The molecule has 0 saturated carbocycles. The van der Waals surface area contributed by atoms with Gasteiger partial charge in [-0.1, -0.05) is 48.5 Å². The first-order valence-electron chi connectivity index (χ1n) is 17.0. The maximum Gasteiger partial charge on any atom is 0.407 e. The highest BCUT2D eigenvalue weighted by Gasteiger charge is 2.28. The van der Waals surface area contributed by atoms with Gasteiger partial charge in [0.05, 0.1) is 113 Å². The molecular formula is C36H53NO12. The van der Waals surface area contributed by atoms with Crippen LogP contribution in [-0.2, 0) is 52.2 Å². The molecule has 274 valence electrons. The second-order valence-corrected chi connectivity index (χ2v) is 10.8. The lowest BCUT2D eigenvalue weighted by molar-refractivity contribution is -0.141. The van der Waals surface area contributed by atoms with Gasteiger partial charge in [0.1, 0.15) is 6.61 Å². The summed E-state index contributed by atoms with van der Waals surface area (Å²) in [5, 5.41) is 2.80. The van der Waals surface area contributed by atoms with E-state index in [-0.39, 0.29) is 18.3 Å². The van der Waals surface area contributed by atoms with E-state index in [1.165, 1.54) is 29.4 Å². The zero-order valence-corrected chi connectivity index (χ0v) is 28.7. The quantitative estimate of drug-likeness (QED) is 0.0946. The van der Waals surface area contributed by atoms with Crippen molar-refractivity contribution in [1.82, 2.24) is 5.32 Å². The number of rotatable bonds is 30. The molecule has 0 fully saturated rings. The van der Waals surface area contributed by atoms with Crippen LogP contribution in [0, 0.1) is 0 Å². The normalized spacial score (nSPS) is 12.1. The highest BCUT2D eigenvalue weighted by molar-refractivity contribution is 5.79. The number of carbonyl (C=O) groups excluding carboxylic acids is 2. The molecule has 1 aliphatic rings. The summed E-state index contributed by atoms with van der Waals surface area (Å²) in [5.41, 5.74) is 4.80. The van der Waals surface area contributed by atoms with E-state index in [9.17, 15) is 9.59 Å². The lowest BCUT2D eigenvalue weighted by Crippen LogP contribution is -2.27. The van der Waals surface area contributed by atoms with Gasteiger partial charge < -0.3 is 52.7 Å². The Balaban J connectivity index is 0.984. The summed E-state index contributed by atoms with van der Waals surface area (Å²) in [4.78, 5) is 23.2. The van der Waals surface area contributed by atoms with Gasteiger partial charge in [-0.3, -0.25) is 4.79 Å². The molecule has 0 aliphatic heterocycles. The molecule has 49 heavy (non-hydrogen) atoms. The minimum absolute atomic E-state index is 0.0485. The number of fused-ring (bicyclic) bond motifs is 3. The van der Waals surface area contributed by atoms with Gasteiger partial charge in [0.2, 0.25) is 0 Å². The minimum atomic E-state index is -0.418. The molecule has 3 rings (SSSR count). The number of nitrogens with one attached hydrogen (secondary N) is 1. The van der Waals surface area contributed by atoms with Crippen molar-refractivity contribution in [3.8, 4) is 11.1 Å². The van der Waals surface area contributed by atoms with Crippen LogP contribution in [0.15, 0.2) is 48.5 Å². The molecule has 0 atom stereocenters. The Bertz CT molecular complexity index is 1120. The number of carbonyl (C=O) groups is 2. The Morgan fingerprint density at radius 1 is 0.551 bits per heavy atom. The fourth-order valence-corrected chi connectivity index (χ4v) is 4.91. The molecule has 0 heterocycles. The number of ether oxygens (including phenoxy) is 10. The average Bonchev–Trinajstić information content (AvgIpc) is 3.45. The summed E-state index contributed by atoms with van der Waals surface area (Å²) >= 11 is 0. The molecule has 0 aromatic heterocycles. The molecule has 13 heteroatoms. The molecule has 2 aromatic carbocycles. The molecule has 0 radical (unpaired) electrons. The Labute approximate surface area is 289 Å². The van der Waals surface area contributed by atoms with Crippen molar-refractivity contribution < 1.29 is 57.0 Å². The van der Waals surface area contributed by atoms with E-state index in [1.807, 2.05) is 24.3 Å². The molecule has 1 N–H and O–H groups in total. The summed E-state index contributed by atoms with van der Waals surface area (Å²) in [5.74, 6) is -0.240. The monoisotopic (exact) mass is 691 g/mol. The molecule has 1 amide bonds. The van der Waals surface area contributed by atoms with Crippen molar-refractivity contribution in [1.29, 1.82) is 0 Å². The van der Waals surface area contributed by atoms with Crippen LogP contribution in [0.5, 0.6) is 0 Å². The minimum Gasteiger partial charge on any atom is -0.469 e. The summed E-state index contributed by atoms with van der Waals surface area (Å²) in [6.45, 7) is 8.23. The van der Waals surface area contributed by atoms with E-state index in [0.717, 1.165) is 0 Å². The van der Waals surface area contributed by atoms with Crippen LogP contribution in [0.25, 0.3) is 11.1 Å². The molecule has 0 unspecified atom stereocenters. The van der Waals surface area contributed by atoms with E-state index in [1.54, 1.807) is 0 Å². The Kier molecular flexibility index (Phi) is 21.9. The second-order valence-electron chi connectivity index (χ2n) is 10.8. The van der Waals surface area contributed by atoms with E-state index in [4.69, 9.17) is 42.6 Å². The first-order chi connectivity index (χ1) is 24.2. The maximum absolute atomic E-state index is 12.2. The van der Waals surface area contributed by atoms with Crippen LogP contribution in [0.4, 0.5) is 4.79 Å². The number of benzene rings is 2. The van der Waals surface area contributed by atoms with Gasteiger partial charge in [0, 0.05) is 19.1 Å². The van der Waals surface area contributed by atoms with Crippen molar-refractivity contribution >= 4 is 12.1 Å². The summed E-state index contributed by atoms with van der Waals surface area (Å²) in [6.07, 6.45) is 0.505. The van der Waals surface area contributed by atoms with E-state index < -0.39 is 6.09 Å². The molecule has 0 saturated heterocycles. The van der Waals surface area contributed by atoms with Gasteiger partial charge in [-0.15, -0.1) is 0 Å². The van der Waals surface area contributed by atoms with Crippen LogP contribution in [0.2, 0.25) is 0 Å². The van der Waals surface area contributed by atoms with Crippen molar-refractivity contribution in [2.75, 3.05) is 126 Å². The lowest BCUT2D eigenvalue weighted by Gasteiger charge is -2.14. The molecule has 0 spiro atoms. The number of hydrogen-bond acceptors (Lipinski definition) is 12. The number of alkyl carbamates (subject to hydrolysis) is 1. The van der Waals surface area contributed by atoms with Gasteiger partial charge in [-0.25, -0.2) is 4.79 Å². The Morgan fingerprint density at radius 3 is 1.37 bits per heavy atom. The predicted octanol–water partition coefficient (Wildman–Crippen LogP) is 3.61. The molecule has 13 nitrogen and oxygen atoms in total. The van der Waals surface area contributed by atoms with Gasteiger partial charge in [-0.05, 0) is 28.7 Å². The third kappa shape index (κ3) is 17.4. The standard InChI is InChI=1S/C36H53NO12/c1-40-35(38)11-14-42-16-18-44-20-22-46-24-26-48-28-27-47-25-23-45-21-19-43-17-15-41-13-6-12-37-36(39)49-29-34-32-9-4-2-7-30(32)31-8-3-5-10-33(31)34/h2-5,7-10,34H,6,11-29H2,1H3,(H,37,39). The van der Waals surface area contributed by atoms with Gasteiger partial charge >= 0.3 is 12.1 Å². The summed E-state index contributed by atoms with van der Waals surface area (Å²) in [7, 11) is 1.35. The van der Waals surface area contributed by atoms with Gasteiger partial charge in [0.25, 0.3) is 0 Å². The fraction of sp³-hybridized carbons (Fsp3) is 0.611. The van der Waals surface area contributed by atoms with Crippen molar-refractivity contribution in [2.24, 2.45) is 0 Å². The second kappa shape index (κ2) is 26.7. The van der Waals surface area contributed by atoms with E-state index >= 15 is 0 Å². The first-order valence-corrected chi connectivity index (χ1v) is 17.0. The van der Waals surface area contributed by atoms with Crippen LogP contribution >= 0.6 is 0 Å². The van der Waals surface area contributed by atoms with Crippen molar-refractivity contribution in [3.05, 3.63) is 59.7 Å². The van der Waals surface area contributed by atoms with Gasteiger partial charge in [0.15, 0.2) is 0 Å². The number of esters is 1. The summed E-state index contributed by atoms with van der Waals surface area (Å²) in [6, 6.07) is 16.5.